The van der Waals surface area contributed by atoms with Gasteiger partial charge in [-0.25, -0.2) is 0 Å². The molecule has 0 aromatic carbocycles. The number of hydrogen-bond donors (Lipinski definition) is 2. The lowest BCUT2D eigenvalue weighted by molar-refractivity contribution is 0.302. The van der Waals surface area contributed by atoms with Gasteiger partial charge in [0.25, 0.3) is 0 Å². The van der Waals surface area contributed by atoms with E-state index in [1.807, 2.05) is 0 Å². The lowest BCUT2D eigenvalue weighted by Crippen LogP contribution is -2.37. The molecule has 1 aliphatic rings. The topological polar surface area (TPSA) is 38.0 Å². The van der Waals surface area contributed by atoms with E-state index in [9.17, 15) is 0 Å². The molecule has 2 heteroatoms. The molecular weight excluding hydrogens is 184 g/mol. The molecule has 0 radical (unpaired) electrons. The van der Waals surface area contributed by atoms with Gasteiger partial charge >= 0.3 is 0 Å². The van der Waals surface area contributed by atoms with Crippen molar-refractivity contribution >= 4 is 0 Å². The van der Waals surface area contributed by atoms with E-state index in [1.165, 1.54) is 32.2 Å². The summed E-state index contributed by atoms with van der Waals surface area (Å²) in [5, 5.41) is 3.49. The van der Waals surface area contributed by atoms with Crippen LogP contribution in [0.2, 0.25) is 0 Å². The van der Waals surface area contributed by atoms with Crippen LogP contribution >= 0.6 is 0 Å². The highest BCUT2D eigenvalue weighted by atomic mass is 14.9. The van der Waals surface area contributed by atoms with E-state index in [0.717, 1.165) is 18.9 Å². The van der Waals surface area contributed by atoms with Crippen LogP contribution in [0.15, 0.2) is 0 Å². The molecule has 0 heterocycles. The lowest BCUT2D eigenvalue weighted by atomic mass is 9.85. The van der Waals surface area contributed by atoms with Gasteiger partial charge in [0.15, 0.2) is 0 Å². The minimum absolute atomic E-state index is 0.246. The summed E-state index contributed by atoms with van der Waals surface area (Å²) in [6.07, 6.45) is 6.82. The second kappa shape index (κ2) is 5.86. The van der Waals surface area contributed by atoms with Crippen LogP contribution in [0.5, 0.6) is 0 Å². The SMILES string of the molecule is CC(C)(C)C(N)CCNCCCC1CC1. The zero-order valence-electron chi connectivity index (χ0n) is 10.7. The van der Waals surface area contributed by atoms with Crippen LogP contribution in [-0.4, -0.2) is 19.1 Å². The maximum absolute atomic E-state index is 6.08. The van der Waals surface area contributed by atoms with Crippen molar-refractivity contribution in [3.05, 3.63) is 0 Å². The van der Waals surface area contributed by atoms with Gasteiger partial charge in [0.1, 0.15) is 0 Å². The molecule has 0 saturated heterocycles. The van der Waals surface area contributed by atoms with Crippen LogP contribution in [0.3, 0.4) is 0 Å². The quantitative estimate of drug-likeness (QED) is 0.636. The third-order valence-corrected chi connectivity index (χ3v) is 3.41. The largest absolute Gasteiger partial charge is 0.327 e. The molecule has 90 valence electrons. The smallest absolute Gasteiger partial charge is 0.00997 e. The summed E-state index contributed by atoms with van der Waals surface area (Å²) >= 11 is 0. The molecular formula is C13H28N2. The normalized spacial score (nSPS) is 19.2. The molecule has 1 saturated carbocycles. The number of nitrogens with two attached hydrogens (primary N) is 1. The van der Waals surface area contributed by atoms with E-state index in [1.54, 1.807) is 0 Å². The summed E-state index contributed by atoms with van der Waals surface area (Å²) in [7, 11) is 0. The first-order valence-corrected chi connectivity index (χ1v) is 6.46. The predicted octanol–water partition coefficient (Wildman–Crippen LogP) is 2.53. The van der Waals surface area contributed by atoms with Crippen molar-refractivity contribution in [3.63, 3.8) is 0 Å². The Bertz CT molecular complexity index is 168. The van der Waals surface area contributed by atoms with E-state index in [2.05, 4.69) is 26.1 Å². The summed E-state index contributed by atoms with van der Waals surface area (Å²) in [6.45, 7) is 8.89. The number of rotatable bonds is 7. The van der Waals surface area contributed by atoms with Crippen molar-refractivity contribution in [2.45, 2.75) is 58.9 Å². The summed E-state index contributed by atoms with van der Waals surface area (Å²) in [5.74, 6) is 1.07. The van der Waals surface area contributed by atoms with Crippen LogP contribution in [0.25, 0.3) is 0 Å². The summed E-state index contributed by atoms with van der Waals surface area (Å²) in [6, 6.07) is 0.313. The first-order valence-electron chi connectivity index (χ1n) is 6.46. The van der Waals surface area contributed by atoms with Crippen LogP contribution in [0.1, 0.15) is 52.9 Å². The molecule has 0 aromatic rings. The molecule has 1 atom stereocenters. The molecule has 0 amide bonds. The molecule has 1 aliphatic carbocycles. The fourth-order valence-electron chi connectivity index (χ4n) is 1.74. The number of hydrogen-bond acceptors (Lipinski definition) is 2. The Balaban J connectivity index is 1.87. The van der Waals surface area contributed by atoms with E-state index in [0.29, 0.717) is 6.04 Å². The minimum Gasteiger partial charge on any atom is -0.327 e. The van der Waals surface area contributed by atoms with Crippen LogP contribution in [0, 0.1) is 11.3 Å². The molecule has 0 aliphatic heterocycles. The summed E-state index contributed by atoms with van der Waals surface area (Å²) in [5.41, 5.74) is 6.33. The van der Waals surface area contributed by atoms with Crippen LogP contribution in [0.4, 0.5) is 0 Å². The average molecular weight is 212 g/mol. The van der Waals surface area contributed by atoms with Gasteiger partial charge in [-0.15, -0.1) is 0 Å². The van der Waals surface area contributed by atoms with Crippen molar-refractivity contribution < 1.29 is 0 Å². The first-order chi connectivity index (χ1) is 7.00. The molecule has 1 fully saturated rings. The molecule has 1 rings (SSSR count). The molecule has 0 spiro atoms. The number of nitrogens with one attached hydrogen (secondary N) is 1. The first kappa shape index (κ1) is 13.0. The maximum Gasteiger partial charge on any atom is 0.00997 e. The molecule has 3 N–H and O–H groups in total. The Hall–Kier alpha value is -0.0800. The Kier molecular flexibility index (Phi) is 5.07. The molecule has 0 bridgehead atoms. The third-order valence-electron chi connectivity index (χ3n) is 3.41. The second-order valence-corrected chi connectivity index (χ2v) is 6.10. The Morgan fingerprint density at radius 1 is 1.27 bits per heavy atom. The Morgan fingerprint density at radius 3 is 2.47 bits per heavy atom. The van der Waals surface area contributed by atoms with Crippen LogP contribution in [-0.2, 0) is 0 Å². The van der Waals surface area contributed by atoms with Gasteiger partial charge in [-0.2, -0.15) is 0 Å². The lowest BCUT2D eigenvalue weighted by Gasteiger charge is -2.27. The van der Waals surface area contributed by atoms with E-state index in [4.69, 9.17) is 5.73 Å². The van der Waals surface area contributed by atoms with Crippen molar-refractivity contribution in [2.24, 2.45) is 17.1 Å². The molecule has 0 aromatic heterocycles. The second-order valence-electron chi connectivity index (χ2n) is 6.10. The van der Waals surface area contributed by atoms with E-state index >= 15 is 0 Å². The van der Waals surface area contributed by atoms with Gasteiger partial charge in [0.05, 0.1) is 0 Å². The highest BCUT2D eigenvalue weighted by molar-refractivity contribution is 4.77. The van der Waals surface area contributed by atoms with Crippen molar-refractivity contribution in [1.29, 1.82) is 0 Å². The van der Waals surface area contributed by atoms with Crippen molar-refractivity contribution in [3.8, 4) is 0 Å². The van der Waals surface area contributed by atoms with Crippen molar-refractivity contribution in [1.82, 2.24) is 5.32 Å². The highest BCUT2D eigenvalue weighted by Gasteiger charge is 2.20. The van der Waals surface area contributed by atoms with Gasteiger partial charge in [-0.3, -0.25) is 0 Å². The third kappa shape index (κ3) is 6.16. The van der Waals surface area contributed by atoms with Gasteiger partial charge < -0.3 is 11.1 Å². The van der Waals surface area contributed by atoms with Gasteiger partial charge in [-0.1, -0.05) is 33.6 Å². The molecule has 15 heavy (non-hydrogen) atoms. The minimum atomic E-state index is 0.246. The van der Waals surface area contributed by atoms with Gasteiger partial charge in [-0.05, 0) is 43.7 Å². The maximum atomic E-state index is 6.08. The molecule has 1 unspecified atom stereocenters. The predicted molar refractivity (Wildman–Crippen MR) is 66.9 cm³/mol. The standard InChI is InChI=1S/C13H28N2/c1-13(2,3)12(14)8-10-15-9-4-5-11-6-7-11/h11-12,15H,4-10,14H2,1-3H3. The zero-order valence-corrected chi connectivity index (χ0v) is 10.7. The van der Waals surface area contributed by atoms with E-state index < -0.39 is 0 Å². The van der Waals surface area contributed by atoms with Crippen LogP contribution < -0.4 is 11.1 Å². The van der Waals surface area contributed by atoms with E-state index in [-0.39, 0.29) is 5.41 Å². The average Bonchev–Trinajstić information content (AvgIpc) is 2.92. The van der Waals surface area contributed by atoms with Gasteiger partial charge in [0, 0.05) is 6.04 Å². The molecule has 2 nitrogen and oxygen atoms in total. The monoisotopic (exact) mass is 212 g/mol. The highest BCUT2D eigenvalue weighted by Crippen LogP contribution is 2.33. The summed E-state index contributed by atoms with van der Waals surface area (Å²) in [4.78, 5) is 0. The Morgan fingerprint density at radius 2 is 1.93 bits per heavy atom. The fourth-order valence-corrected chi connectivity index (χ4v) is 1.74. The van der Waals surface area contributed by atoms with Crippen molar-refractivity contribution in [2.75, 3.05) is 13.1 Å². The Labute approximate surface area is 95.0 Å². The zero-order chi connectivity index (χ0) is 11.3. The fraction of sp³-hybridized carbons (Fsp3) is 1.00. The van der Waals surface area contributed by atoms with Gasteiger partial charge in [0.2, 0.25) is 0 Å². The summed E-state index contributed by atoms with van der Waals surface area (Å²) < 4.78 is 0.